The number of carboxylic acid groups (broad SMARTS) is 1. The van der Waals surface area contributed by atoms with Crippen LogP contribution in [-0.4, -0.2) is 51.1 Å². The average Bonchev–Trinajstić information content (AvgIpc) is 1.99. The third kappa shape index (κ3) is 2.48. The lowest BCUT2D eigenvalue weighted by Gasteiger charge is -2.22. The molecule has 82 valence electrons. The number of hydrogen-bond acceptors (Lipinski definition) is 6. The Bertz CT molecular complexity index is 352. The molecule has 9 heteroatoms. The van der Waals surface area contributed by atoms with Crippen molar-refractivity contribution in [2.24, 2.45) is 0 Å². The van der Waals surface area contributed by atoms with Gasteiger partial charge in [0.2, 0.25) is 0 Å². The van der Waals surface area contributed by atoms with Crippen molar-refractivity contribution >= 4 is 21.2 Å². The van der Waals surface area contributed by atoms with Crippen molar-refractivity contribution in [2.75, 3.05) is 0 Å². The van der Waals surface area contributed by atoms with E-state index in [2.05, 4.69) is 0 Å². The first-order valence-corrected chi connectivity index (χ1v) is 4.60. The van der Waals surface area contributed by atoms with E-state index in [1.54, 1.807) is 0 Å². The SMILES string of the molecule is CC(O)(C(=O)S(=O)(=O)O)C(O)C(=O)O. The van der Waals surface area contributed by atoms with Gasteiger partial charge >= 0.3 is 21.2 Å². The van der Waals surface area contributed by atoms with Gasteiger partial charge in [-0.25, -0.2) is 4.79 Å². The van der Waals surface area contributed by atoms with Crippen molar-refractivity contribution in [3.05, 3.63) is 0 Å². The van der Waals surface area contributed by atoms with E-state index < -0.39 is 32.9 Å². The van der Waals surface area contributed by atoms with Crippen molar-refractivity contribution in [1.82, 2.24) is 0 Å². The zero-order valence-electron chi connectivity index (χ0n) is 6.91. The summed E-state index contributed by atoms with van der Waals surface area (Å²) in [6.07, 6.45) is -2.64. The number of carboxylic acids is 1. The summed E-state index contributed by atoms with van der Waals surface area (Å²) in [7, 11) is -5.25. The Labute approximate surface area is 78.5 Å². The molecule has 0 aromatic carbocycles. The number of hydrogen-bond donors (Lipinski definition) is 4. The molecule has 0 aliphatic carbocycles. The van der Waals surface area contributed by atoms with Gasteiger partial charge in [0.05, 0.1) is 0 Å². The first kappa shape index (κ1) is 13.0. The first-order chi connectivity index (χ1) is 6.01. The minimum atomic E-state index is -5.25. The molecule has 0 aliphatic heterocycles. The summed E-state index contributed by atoms with van der Waals surface area (Å²) in [5.74, 6) is -1.99. The van der Waals surface area contributed by atoms with Gasteiger partial charge in [-0.2, -0.15) is 8.42 Å². The van der Waals surface area contributed by atoms with Crippen LogP contribution in [0.2, 0.25) is 0 Å². The van der Waals surface area contributed by atoms with Crippen molar-refractivity contribution < 1.29 is 37.9 Å². The van der Waals surface area contributed by atoms with Crippen LogP contribution in [0.1, 0.15) is 6.92 Å². The molecule has 0 bridgehead atoms. The lowest BCUT2D eigenvalue weighted by Crippen LogP contribution is -2.53. The van der Waals surface area contributed by atoms with Crippen LogP contribution in [0.25, 0.3) is 0 Å². The number of rotatable bonds is 3. The van der Waals surface area contributed by atoms with E-state index in [4.69, 9.17) is 19.9 Å². The van der Waals surface area contributed by atoms with Crippen LogP contribution in [-0.2, 0) is 19.7 Å². The van der Waals surface area contributed by atoms with Crippen LogP contribution in [0.4, 0.5) is 0 Å². The van der Waals surface area contributed by atoms with Gasteiger partial charge in [-0.15, -0.1) is 0 Å². The molecule has 0 saturated carbocycles. The van der Waals surface area contributed by atoms with Crippen molar-refractivity contribution in [3.8, 4) is 0 Å². The number of carbonyl (C=O) groups excluding carboxylic acids is 1. The zero-order chi connectivity index (χ0) is 11.7. The summed E-state index contributed by atoms with van der Waals surface area (Å²) in [6, 6.07) is 0. The fourth-order valence-corrected chi connectivity index (χ4v) is 1.25. The molecule has 0 saturated heterocycles. The minimum Gasteiger partial charge on any atom is -0.479 e. The Kier molecular flexibility index (Phi) is 3.35. The maximum atomic E-state index is 10.7. The highest BCUT2D eigenvalue weighted by Gasteiger charge is 2.48. The van der Waals surface area contributed by atoms with E-state index in [-0.39, 0.29) is 0 Å². The zero-order valence-corrected chi connectivity index (χ0v) is 7.72. The molecule has 0 radical (unpaired) electrons. The van der Waals surface area contributed by atoms with Crippen molar-refractivity contribution in [1.29, 1.82) is 0 Å². The van der Waals surface area contributed by atoms with Crippen molar-refractivity contribution in [2.45, 2.75) is 18.6 Å². The molecule has 0 amide bonds. The molecule has 0 rings (SSSR count). The van der Waals surface area contributed by atoms with Crippen LogP contribution in [0.15, 0.2) is 0 Å². The van der Waals surface area contributed by atoms with Crippen molar-refractivity contribution in [3.63, 3.8) is 0 Å². The summed E-state index contributed by atoms with van der Waals surface area (Å²) in [4.78, 5) is 20.9. The highest BCUT2D eigenvalue weighted by molar-refractivity contribution is 8.01. The van der Waals surface area contributed by atoms with Crippen LogP contribution < -0.4 is 0 Å². The molecule has 0 aliphatic rings. The van der Waals surface area contributed by atoms with Crippen LogP contribution in [0.5, 0.6) is 0 Å². The molecule has 2 unspecified atom stereocenters. The van der Waals surface area contributed by atoms with Crippen LogP contribution in [0.3, 0.4) is 0 Å². The molecular formula is C5H8O8S. The molecule has 0 heterocycles. The Morgan fingerprint density at radius 1 is 1.36 bits per heavy atom. The van der Waals surface area contributed by atoms with Gasteiger partial charge in [-0.05, 0) is 6.92 Å². The highest BCUT2D eigenvalue weighted by Crippen LogP contribution is 2.14. The van der Waals surface area contributed by atoms with Crippen LogP contribution in [0, 0.1) is 0 Å². The summed E-state index contributed by atoms with van der Waals surface area (Å²) >= 11 is 0. The van der Waals surface area contributed by atoms with E-state index in [1.807, 2.05) is 0 Å². The Morgan fingerprint density at radius 3 is 1.93 bits per heavy atom. The maximum Gasteiger partial charge on any atom is 0.336 e. The Morgan fingerprint density at radius 2 is 1.71 bits per heavy atom. The molecule has 0 aromatic rings. The second-order valence-corrected chi connectivity index (χ2v) is 3.97. The molecule has 2 atom stereocenters. The van der Waals surface area contributed by atoms with Gasteiger partial charge in [-0.1, -0.05) is 0 Å². The van der Waals surface area contributed by atoms with Crippen LogP contribution >= 0.6 is 0 Å². The Balaban J connectivity index is 5.18. The largest absolute Gasteiger partial charge is 0.479 e. The second kappa shape index (κ2) is 3.61. The predicted octanol–water partition coefficient (Wildman–Crippen LogP) is -2.40. The quantitative estimate of drug-likeness (QED) is 0.390. The smallest absolute Gasteiger partial charge is 0.336 e. The van der Waals surface area contributed by atoms with E-state index in [9.17, 15) is 18.0 Å². The lowest BCUT2D eigenvalue weighted by atomic mass is 10.0. The standard InChI is InChI=1S/C5H8O8S/c1-5(10,2(6)3(7)8)4(9)14(11,12)13/h2,6,10H,1H3,(H,7,8)(H,11,12,13). The molecule has 0 aromatic heterocycles. The minimum absolute atomic E-state index is 0.460. The number of aliphatic carboxylic acids is 1. The van der Waals surface area contributed by atoms with Gasteiger partial charge in [0.25, 0.3) is 0 Å². The van der Waals surface area contributed by atoms with Gasteiger partial charge in [0, 0.05) is 0 Å². The third-order valence-corrected chi connectivity index (χ3v) is 2.30. The normalized spacial score (nSPS) is 18.3. The third-order valence-electron chi connectivity index (χ3n) is 1.41. The van der Waals surface area contributed by atoms with E-state index in [1.165, 1.54) is 0 Å². The van der Waals surface area contributed by atoms with E-state index in [0.717, 1.165) is 0 Å². The van der Waals surface area contributed by atoms with E-state index >= 15 is 0 Å². The molecule has 8 nitrogen and oxygen atoms in total. The summed E-state index contributed by atoms with van der Waals surface area (Å²) in [5.41, 5.74) is -3.10. The monoisotopic (exact) mass is 228 g/mol. The van der Waals surface area contributed by atoms with Gasteiger partial charge in [0.15, 0.2) is 11.7 Å². The predicted molar refractivity (Wildman–Crippen MR) is 40.8 cm³/mol. The summed E-state index contributed by atoms with van der Waals surface area (Å²) < 4.78 is 28.7. The lowest BCUT2D eigenvalue weighted by molar-refractivity contribution is -0.165. The number of carbonyl (C=O) groups is 2. The second-order valence-electron chi connectivity index (χ2n) is 2.65. The fourth-order valence-electron chi connectivity index (χ4n) is 0.613. The van der Waals surface area contributed by atoms with Gasteiger partial charge < -0.3 is 15.3 Å². The maximum absolute atomic E-state index is 10.7. The van der Waals surface area contributed by atoms with Gasteiger partial charge in [0.1, 0.15) is 0 Å². The molecule has 4 N–H and O–H groups in total. The highest BCUT2D eigenvalue weighted by atomic mass is 32.2. The summed E-state index contributed by atoms with van der Waals surface area (Å²) in [6.45, 7) is 0.460. The Hall–Kier alpha value is -1.03. The first-order valence-electron chi connectivity index (χ1n) is 3.16. The van der Waals surface area contributed by atoms with Gasteiger partial charge in [-0.3, -0.25) is 9.35 Å². The topological polar surface area (TPSA) is 149 Å². The fraction of sp³-hybridized carbons (Fsp3) is 0.600. The number of aliphatic hydroxyl groups is 2. The molecule has 0 fully saturated rings. The average molecular weight is 228 g/mol. The summed E-state index contributed by atoms with van der Waals surface area (Å²) in [5, 5.41) is 23.8. The molecule has 0 spiro atoms. The molecular weight excluding hydrogens is 220 g/mol. The number of aliphatic hydroxyl groups excluding tert-OH is 1. The van der Waals surface area contributed by atoms with E-state index in [0.29, 0.717) is 6.92 Å². The molecule has 14 heavy (non-hydrogen) atoms.